The third kappa shape index (κ3) is 3.66. The van der Waals surface area contributed by atoms with Crippen LogP contribution in [0.4, 0.5) is 4.79 Å². The maximum Gasteiger partial charge on any atom is 0.407 e. The first kappa shape index (κ1) is 15.4. The molecule has 0 aromatic carbocycles. The van der Waals surface area contributed by atoms with Gasteiger partial charge in [0, 0.05) is 19.4 Å². The van der Waals surface area contributed by atoms with Gasteiger partial charge in [-0.05, 0) is 27.2 Å². The molecule has 5 nitrogen and oxygen atoms in total. The fourth-order valence-corrected chi connectivity index (χ4v) is 2.14. The first-order valence-electron chi connectivity index (χ1n) is 6.35. The number of Topliss-reactive ketones (excluding diaryl/α,β-unsaturated/α-hetero) is 2. The number of rotatable bonds is 4. The Balaban J connectivity index is 2.71. The number of carbonyl (C=O) groups is 3. The first-order chi connectivity index (χ1) is 8.71. The molecule has 106 valence electrons. The molecule has 0 aliphatic heterocycles. The number of alkyl carbamates (subject to hydrolysis) is 1. The summed E-state index contributed by atoms with van der Waals surface area (Å²) < 4.78 is 5.09. The molecule has 0 spiro atoms. The Hall–Kier alpha value is -1.65. The molecule has 0 bridgehead atoms. The van der Waals surface area contributed by atoms with Crippen molar-refractivity contribution in [1.29, 1.82) is 0 Å². The van der Waals surface area contributed by atoms with Gasteiger partial charge in [0.2, 0.25) is 0 Å². The van der Waals surface area contributed by atoms with E-state index in [1.54, 1.807) is 20.8 Å². The molecular weight excluding hydrogens is 246 g/mol. The Morgan fingerprint density at radius 2 is 1.89 bits per heavy atom. The predicted molar refractivity (Wildman–Crippen MR) is 70.7 cm³/mol. The number of carbonyl (C=O) groups excluding carboxylic acids is 3. The predicted octanol–water partition coefficient (Wildman–Crippen LogP) is 2.01. The van der Waals surface area contributed by atoms with Gasteiger partial charge >= 0.3 is 6.09 Å². The van der Waals surface area contributed by atoms with Gasteiger partial charge in [-0.1, -0.05) is 6.08 Å². The van der Waals surface area contributed by atoms with Crippen molar-refractivity contribution in [2.45, 2.75) is 45.6 Å². The molecule has 1 fully saturated rings. The highest BCUT2D eigenvalue weighted by atomic mass is 16.6. The maximum atomic E-state index is 11.9. The SMILES string of the molecule is C=CCC1(CNC(=O)OC(C)(C)C)C(=O)CCC1=O. The average molecular weight is 267 g/mol. The van der Waals surface area contributed by atoms with Gasteiger partial charge in [-0.3, -0.25) is 9.59 Å². The molecule has 1 N–H and O–H groups in total. The van der Waals surface area contributed by atoms with Crippen LogP contribution in [0.5, 0.6) is 0 Å². The quantitative estimate of drug-likeness (QED) is 0.624. The van der Waals surface area contributed by atoms with Crippen LogP contribution < -0.4 is 5.32 Å². The lowest BCUT2D eigenvalue weighted by atomic mass is 9.81. The number of allylic oxidation sites excluding steroid dienone is 1. The highest BCUT2D eigenvalue weighted by Crippen LogP contribution is 2.34. The van der Waals surface area contributed by atoms with E-state index < -0.39 is 17.1 Å². The maximum absolute atomic E-state index is 11.9. The van der Waals surface area contributed by atoms with Crippen LogP contribution in [0.1, 0.15) is 40.0 Å². The molecule has 1 aliphatic carbocycles. The van der Waals surface area contributed by atoms with E-state index in [0.717, 1.165) is 0 Å². The minimum atomic E-state index is -1.14. The zero-order chi connectivity index (χ0) is 14.7. The Morgan fingerprint density at radius 3 is 2.32 bits per heavy atom. The molecule has 5 heteroatoms. The van der Waals surface area contributed by atoms with Crippen LogP contribution >= 0.6 is 0 Å². The second kappa shape index (κ2) is 5.55. The van der Waals surface area contributed by atoms with Gasteiger partial charge in [-0.25, -0.2) is 4.79 Å². The molecular formula is C14H21NO4. The van der Waals surface area contributed by atoms with E-state index in [9.17, 15) is 14.4 Å². The van der Waals surface area contributed by atoms with E-state index in [1.807, 2.05) is 0 Å². The summed E-state index contributed by atoms with van der Waals surface area (Å²) in [5.41, 5.74) is -1.75. The number of nitrogens with one attached hydrogen (secondary N) is 1. The number of ketones is 2. The molecule has 0 atom stereocenters. The number of amides is 1. The summed E-state index contributed by atoms with van der Waals surface area (Å²) >= 11 is 0. The standard InChI is InChI=1S/C14H21NO4/c1-5-8-14(10(16)6-7-11(14)17)9-15-12(18)19-13(2,3)4/h5H,1,6-9H2,2-4H3,(H,15,18). The van der Waals surface area contributed by atoms with Crippen molar-refractivity contribution < 1.29 is 19.1 Å². The van der Waals surface area contributed by atoms with E-state index in [0.29, 0.717) is 0 Å². The van der Waals surface area contributed by atoms with Crippen molar-refractivity contribution in [2.24, 2.45) is 5.41 Å². The fourth-order valence-electron chi connectivity index (χ4n) is 2.14. The summed E-state index contributed by atoms with van der Waals surface area (Å²) in [5.74, 6) is -0.262. The molecule has 1 amide bonds. The molecule has 1 aliphatic rings. The van der Waals surface area contributed by atoms with Gasteiger partial charge < -0.3 is 10.1 Å². The lowest BCUT2D eigenvalue weighted by Gasteiger charge is -2.26. The fraction of sp³-hybridized carbons (Fsp3) is 0.643. The smallest absolute Gasteiger partial charge is 0.407 e. The number of ether oxygens (including phenoxy) is 1. The lowest BCUT2D eigenvalue weighted by molar-refractivity contribution is -0.134. The largest absolute Gasteiger partial charge is 0.444 e. The third-order valence-electron chi connectivity index (χ3n) is 3.07. The van der Waals surface area contributed by atoms with Crippen LogP contribution in [0.3, 0.4) is 0 Å². The molecule has 0 radical (unpaired) electrons. The van der Waals surface area contributed by atoms with Gasteiger partial charge in [0.1, 0.15) is 22.6 Å². The van der Waals surface area contributed by atoms with Gasteiger partial charge in [0.15, 0.2) is 0 Å². The van der Waals surface area contributed by atoms with Gasteiger partial charge in [-0.2, -0.15) is 0 Å². The van der Waals surface area contributed by atoms with E-state index in [-0.39, 0.29) is 37.4 Å². The lowest BCUT2D eigenvalue weighted by Crippen LogP contribution is -2.45. The van der Waals surface area contributed by atoms with Crippen LogP contribution in [0.15, 0.2) is 12.7 Å². The Labute approximate surface area is 113 Å². The van der Waals surface area contributed by atoms with Crippen LogP contribution in [-0.4, -0.2) is 29.8 Å². The minimum absolute atomic E-state index is 0.0222. The van der Waals surface area contributed by atoms with Crippen molar-refractivity contribution in [2.75, 3.05) is 6.54 Å². The van der Waals surface area contributed by atoms with Crippen LogP contribution in [0, 0.1) is 5.41 Å². The van der Waals surface area contributed by atoms with Gasteiger partial charge in [0.05, 0.1) is 0 Å². The molecule has 19 heavy (non-hydrogen) atoms. The third-order valence-corrected chi connectivity index (χ3v) is 3.07. The molecule has 0 aromatic heterocycles. The van der Waals surface area contributed by atoms with Crippen LogP contribution in [-0.2, 0) is 14.3 Å². The zero-order valence-electron chi connectivity index (χ0n) is 11.7. The van der Waals surface area contributed by atoms with Crippen molar-refractivity contribution >= 4 is 17.7 Å². The van der Waals surface area contributed by atoms with E-state index in [1.165, 1.54) is 6.08 Å². The number of hydrogen-bond acceptors (Lipinski definition) is 4. The Kier molecular flexibility index (Phi) is 4.50. The summed E-state index contributed by atoms with van der Waals surface area (Å²) in [5, 5.41) is 2.52. The molecule has 0 saturated heterocycles. The molecule has 1 saturated carbocycles. The molecule has 0 aromatic rings. The number of hydrogen-bond donors (Lipinski definition) is 1. The summed E-state index contributed by atoms with van der Waals surface area (Å²) in [6.45, 7) is 8.80. The van der Waals surface area contributed by atoms with Gasteiger partial charge in [-0.15, -0.1) is 6.58 Å². The van der Waals surface area contributed by atoms with Crippen molar-refractivity contribution in [3.8, 4) is 0 Å². The Morgan fingerprint density at radius 1 is 1.37 bits per heavy atom. The summed E-state index contributed by atoms with van der Waals surface area (Å²) in [6.07, 6.45) is 1.65. The van der Waals surface area contributed by atoms with Crippen LogP contribution in [0.25, 0.3) is 0 Å². The van der Waals surface area contributed by atoms with Crippen molar-refractivity contribution in [3.05, 3.63) is 12.7 Å². The first-order valence-corrected chi connectivity index (χ1v) is 6.35. The zero-order valence-corrected chi connectivity index (χ0v) is 11.7. The van der Waals surface area contributed by atoms with Crippen LogP contribution in [0.2, 0.25) is 0 Å². The van der Waals surface area contributed by atoms with Crippen molar-refractivity contribution in [1.82, 2.24) is 5.32 Å². The summed E-state index contributed by atoms with van der Waals surface area (Å²) in [6, 6.07) is 0. The minimum Gasteiger partial charge on any atom is -0.444 e. The monoisotopic (exact) mass is 267 g/mol. The molecule has 1 rings (SSSR count). The topological polar surface area (TPSA) is 72.5 Å². The average Bonchev–Trinajstić information content (AvgIpc) is 2.53. The van der Waals surface area contributed by atoms with Crippen molar-refractivity contribution in [3.63, 3.8) is 0 Å². The normalized spacial score (nSPS) is 18.3. The second-order valence-electron chi connectivity index (χ2n) is 5.78. The van der Waals surface area contributed by atoms with Gasteiger partial charge in [0.25, 0.3) is 0 Å². The summed E-state index contributed by atoms with van der Waals surface area (Å²) in [7, 11) is 0. The van der Waals surface area contributed by atoms with E-state index in [4.69, 9.17) is 4.74 Å². The molecule has 0 heterocycles. The second-order valence-corrected chi connectivity index (χ2v) is 5.78. The Bertz CT molecular complexity index is 390. The van der Waals surface area contributed by atoms with E-state index in [2.05, 4.69) is 11.9 Å². The van der Waals surface area contributed by atoms with E-state index >= 15 is 0 Å². The highest BCUT2D eigenvalue weighted by Gasteiger charge is 2.48. The molecule has 0 unspecified atom stereocenters. The summed E-state index contributed by atoms with van der Waals surface area (Å²) in [4.78, 5) is 35.5. The highest BCUT2D eigenvalue weighted by molar-refractivity contribution is 6.13.